The fourth-order valence-corrected chi connectivity index (χ4v) is 1.56. The molecule has 0 N–H and O–H groups in total. The SMILES string of the molecule is CCc1nc2ccccc2cc1[N+](=O)[O-]. The van der Waals surface area contributed by atoms with Crippen LogP contribution >= 0.6 is 0 Å². The number of para-hydroxylation sites is 1. The van der Waals surface area contributed by atoms with E-state index in [1.165, 1.54) is 0 Å². The lowest BCUT2D eigenvalue weighted by Crippen LogP contribution is -1.97. The number of benzene rings is 1. The summed E-state index contributed by atoms with van der Waals surface area (Å²) < 4.78 is 0. The third-order valence-electron chi connectivity index (χ3n) is 2.31. The second-order valence-electron chi connectivity index (χ2n) is 3.26. The Labute approximate surface area is 86.7 Å². The average molecular weight is 202 g/mol. The van der Waals surface area contributed by atoms with E-state index in [1.807, 2.05) is 31.2 Å². The lowest BCUT2D eigenvalue weighted by atomic mass is 10.1. The topological polar surface area (TPSA) is 56.0 Å². The molecule has 0 radical (unpaired) electrons. The van der Waals surface area contributed by atoms with Gasteiger partial charge in [-0.2, -0.15) is 0 Å². The zero-order valence-electron chi connectivity index (χ0n) is 8.30. The number of nitro groups is 1. The molecule has 0 saturated heterocycles. The van der Waals surface area contributed by atoms with Crippen molar-refractivity contribution in [2.45, 2.75) is 13.3 Å². The monoisotopic (exact) mass is 202 g/mol. The number of fused-ring (bicyclic) bond motifs is 1. The molecular formula is C11H10N2O2. The van der Waals surface area contributed by atoms with Crippen LogP contribution in [0.5, 0.6) is 0 Å². The number of aromatic nitrogens is 1. The standard InChI is InChI=1S/C11H10N2O2/c1-2-9-11(13(14)15)7-8-5-3-4-6-10(8)12-9/h3-7H,2H2,1H3. The highest BCUT2D eigenvalue weighted by Crippen LogP contribution is 2.22. The number of nitrogens with zero attached hydrogens (tertiary/aromatic N) is 2. The van der Waals surface area contributed by atoms with Gasteiger partial charge in [-0.05, 0) is 12.5 Å². The van der Waals surface area contributed by atoms with E-state index in [2.05, 4.69) is 4.98 Å². The maximum Gasteiger partial charge on any atom is 0.291 e. The molecule has 2 aromatic rings. The Morgan fingerprint density at radius 2 is 2.13 bits per heavy atom. The van der Waals surface area contributed by atoms with Gasteiger partial charge in [0.2, 0.25) is 0 Å². The first kappa shape index (κ1) is 9.58. The number of aryl methyl sites for hydroxylation is 1. The third kappa shape index (κ3) is 1.66. The van der Waals surface area contributed by atoms with Crippen molar-refractivity contribution in [3.05, 3.63) is 46.1 Å². The van der Waals surface area contributed by atoms with Crippen LogP contribution in [0.25, 0.3) is 10.9 Å². The Hall–Kier alpha value is -1.97. The fourth-order valence-electron chi connectivity index (χ4n) is 1.56. The van der Waals surface area contributed by atoms with Crippen molar-refractivity contribution in [1.82, 2.24) is 4.98 Å². The van der Waals surface area contributed by atoms with Crippen molar-refractivity contribution in [3.8, 4) is 0 Å². The molecule has 2 rings (SSSR count). The number of pyridine rings is 1. The van der Waals surface area contributed by atoms with Gasteiger partial charge in [-0.3, -0.25) is 10.1 Å². The van der Waals surface area contributed by atoms with Crippen molar-refractivity contribution in [2.24, 2.45) is 0 Å². The van der Waals surface area contributed by atoms with Crippen LogP contribution < -0.4 is 0 Å². The van der Waals surface area contributed by atoms with Crippen LogP contribution in [-0.2, 0) is 6.42 Å². The summed E-state index contributed by atoms with van der Waals surface area (Å²) in [4.78, 5) is 14.7. The molecule has 0 fully saturated rings. The molecule has 0 atom stereocenters. The minimum Gasteiger partial charge on any atom is -0.258 e. The molecule has 76 valence electrons. The molecule has 1 heterocycles. The smallest absolute Gasteiger partial charge is 0.258 e. The van der Waals surface area contributed by atoms with Crippen molar-refractivity contribution < 1.29 is 4.92 Å². The lowest BCUT2D eigenvalue weighted by Gasteiger charge is -2.01. The summed E-state index contributed by atoms with van der Waals surface area (Å²) in [5, 5.41) is 11.6. The Morgan fingerprint density at radius 1 is 1.40 bits per heavy atom. The first-order valence-electron chi connectivity index (χ1n) is 4.75. The molecule has 0 aliphatic carbocycles. The van der Waals surface area contributed by atoms with Gasteiger partial charge in [-0.25, -0.2) is 4.98 Å². The summed E-state index contributed by atoms with van der Waals surface area (Å²) in [6.45, 7) is 1.87. The Bertz CT molecular complexity index is 523. The van der Waals surface area contributed by atoms with E-state index in [0.29, 0.717) is 12.1 Å². The van der Waals surface area contributed by atoms with E-state index >= 15 is 0 Å². The molecule has 1 aromatic carbocycles. The predicted octanol–water partition coefficient (Wildman–Crippen LogP) is 2.71. The summed E-state index contributed by atoms with van der Waals surface area (Å²) in [5.74, 6) is 0. The Morgan fingerprint density at radius 3 is 2.80 bits per heavy atom. The van der Waals surface area contributed by atoms with Crippen LogP contribution in [-0.4, -0.2) is 9.91 Å². The van der Waals surface area contributed by atoms with Crippen molar-refractivity contribution in [1.29, 1.82) is 0 Å². The second kappa shape index (κ2) is 3.65. The summed E-state index contributed by atoms with van der Waals surface area (Å²) in [5.41, 5.74) is 1.45. The summed E-state index contributed by atoms with van der Waals surface area (Å²) in [6.07, 6.45) is 0.571. The predicted molar refractivity (Wildman–Crippen MR) is 57.8 cm³/mol. The first-order valence-corrected chi connectivity index (χ1v) is 4.75. The Balaban J connectivity index is 2.74. The van der Waals surface area contributed by atoms with Crippen LogP contribution in [0.4, 0.5) is 5.69 Å². The molecule has 0 unspecified atom stereocenters. The molecule has 4 heteroatoms. The Kier molecular flexibility index (Phi) is 2.33. The summed E-state index contributed by atoms with van der Waals surface area (Å²) in [7, 11) is 0. The van der Waals surface area contributed by atoms with Crippen molar-refractivity contribution in [2.75, 3.05) is 0 Å². The van der Waals surface area contributed by atoms with E-state index in [4.69, 9.17) is 0 Å². The molecule has 4 nitrogen and oxygen atoms in total. The van der Waals surface area contributed by atoms with Gasteiger partial charge in [-0.15, -0.1) is 0 Å². The van der Waals surface area contributed by atoms with Gasteiger partial charge in [0.1, 0.15) is 5.69 Å². The van der Waals surface area contributed by atoms with Gasteiger partial charge in [0, 0.05) is 11.5 Å². The van der Waals surface area contributed by atoms with Gasteiger partial charge >= 0.3 is 0 Å². The summed E-state index contributed by atoms with van der Waals surface area (Å²) >= 11 is 0. The first-order chi connectivity index (χ1) is 7.22. The highest BCUT2D eigenvalue weighted by Gasteiger charge is 2.14. The van der Waals surface area contributed by atoms with Gasteiger partial charge in [0.15, 0.2) is 0 Å². The second-order valence-corrected chi connectivity index (χ2v) is 3.26. The lowest BCUT2D eigenvalue weighted by molar-refractivity contribution is -0.385. The molecule has 0 bridgehead atoms. The van der Waals surface area contributed by atoms with E-state index < -0.39 is 0 Å². The molecule has 0 saturated carbocycles. The molecule has 0 aliphatic rings. The minimum atomic E-state index is -0.377. The molecule has 1 aromatic heterocycles. The summed E-state index contributed by atoms with van der Waals surface area (Å²) in [6, 6.07) is 8.99. The average Bonchev–Trinajstić information content (AvgIpc) is 2.27. The van der Waals surface area contributed by atoms with E-state index in [-0.39, 0.29) is 10.6 Å². The van der Waals surface area contributed by atoms with E-state index in [1.54, 1.807) is 6.07 Å². The minimum absolute atomic E-state index is 0.108. The van der Waals surface area contributed by atoms with Crippen LogP contribution in [0.3, 0.4) is 0 Å². The highest BCUT2D eigenvalue weighted by atomic mass is 16.6. The molecule has 0 spiro atoms. The van der Waals surface area contributed by atoms with Crippen LogP contribution in [0, 0.1) is 10.1 Å². The van der Waals surface area contributed by atoms with Crippen molar-refractivity contribution >= 4 is 16.6 Å². The van der Waals surface area contributed by atoms with Crippen LogP contribution in [0.1, 0.15) is 12.6 Å². The van der Waals surface area contributed by atoms with Gasteiger partial charge in [0.05, 0.1) is 10.4 Å². The van der Waals surface area contributed by atoms with Crippen molar-refractivity contribution in [3.63, 3.8) is 0 Å². The number of hydrogen-bond donors (Lipinski definition) is 0. The maximum absolute atomic E-state index is 10.8. The number of hydrogen-bond acceptors (Lipinski definition) is 3. The number of rotatable bonds is 2. The molecule has 15 heavy (non-hydrogen) atoms. The third-order valence-corrected chi connectivity index (χ3v) is 2.31. The zero-order valence-corrected chi connectivity index (χ0v) is 8.30. The molecule has 0 amide bonds. The highest BCUT2D eigenvalue weighted by molar-refractivity contribution is 5.81. The van der Waals surface area contributed by atoms with Crippen LogP contribution in [0.15, 0.2) is 30.3 Å². The van der Waals surface area contributed by atoms with Crippen LogP contribution in [0.2, 0.25) is 0 Å². The van der Waals surface area contributed by atoms with E-state index in [9.17, 15) is 10.1 Å². The fraction of sp³-hybridized carbons (Fsp3) is 0.182. The zero-order chi connectivity index (χ0) is 10.8. The van der Waals surface area contributed by atoms with Gasteiger partial charge in [0.25, 0.3) is 5.69 Å². The molecular weight excluding hydrogens is 192 g/mol. The van der Waals surface area contributed by atoms with Gasteiger partial charge in [-0.1, -0.05) is 25.1 Å². The van der Waals surface area contributed by atoms with Gasteiger partial charge < -0.3 is 0 Å². The largest absolute Gasteiger partial charge is 0.291 e. The maximum atomic E-state index is 10.8. The van der Waals surface area contributed by atoms with E-state index in [0.717, 1.165) is 10.9 Å². The molecule has 0 aliphatic heterocycles. The normalized spacial score (nSPS) is 10.5. The quantitative estimate of drug-likeness (QED) is 0.555.